The first-order chi connectivity index (χ1) is 15.0. The van der Waals surface area contributed by atoms with Crippen LogP contribution in [0.15, 0.2) is 22.8 Å². The molecule has 2 unspecified atom stereocenters. The second kappa shape index (κ2) is 13.1. The predicted octanol–water partition coefficient (Wildman–Crippen LogP) is 6.00. The maximum absolute atomic E-state index is 12.4. The molecule has 33 heavy (non-hydrogen) atoms. The van der Waals surface area contributed by atoms with Gasteiger partial charge in [0.2, 0.25) is 0 Å². The second-order valence-electron chi connectivity index (χ2n) is 11.6. The Hall–Kier alpha value is -1.95. The van der Waals surface area contributed by atoms with E-state index >= 15 is 0 Å². The number of aldehydes is 1. The molecule has 6 nitrogen and oxygen atoms in total. The van der Waals surface area contributed by atoms with Crippen molar-refractivity contribution < 1.29 is 29.0 Å². The van der Waals surface area contributed by atoms with Gasteiger partial charge in [-0.05, 0) is 56.3 Å². The number of hydrogen-bond acceptors (Lipinski definition) is 5. The van der Waals surface area contributed by atoms with E-state index in [1.807, 2.05) is 6.92 Å². The van der Waals surface area contributed by atoms with Gasteiger partial charge in [-0.1, -0.05) is 60.1 Å². The number of carbonyl (C=O) groups is 3. The highest BCUT2D eigenvalue weighted by molar-refractivity contribution is 5.95. The van der Waals surface area contributed by atoms with Gasteiger partial charge in [0.15, 0.2) is 6.29 Å². The van der Waals surface area contributed by atoms with Gasteiger partial charge in [-0.15, -0.1) is 0 Å². The maximum Gasteiger partial charge on any atom is 0.331 e. The average molecular weight is 467 g/mol. The van der Waals surface area contributed by atoms with Crippen LogP contribution < -0.4 is 0 Å². The Morgan fingerprint density at radius 3 is 2.03 bits per heavy atom. The molecule has 0 bridgehead atoms. The summed E-state index contributed by atoms with van der Waals surface area (Å²) in [5, 5.41) is 8.76. The van der Waals surface area contributed by atoms with Gasteiger partial charge in [-0.3, -0.25) is 9.59 Å². The van der Waals surface area contributed by atoms with Gasteiger partial charge in [-0.25, -0.2) is 4.79 Å². The van der Waals surface area contributed by atoms with Crippen molar-refractivity contribution in [2.45, 2.75) is 88.0 Å². The van der Waals surface area contributed by atoms with E-state index in [1.165, 1.54) is 12.5 Å². The largest absolute Gasteiger partial charge is 0.478 e. The van der Waals surface area contributed by atoms with Crippen molar-refractivity contribution in [3.63, 3.8) is 0 Å². The predicted molar refractivity (Wildman–Crippen MR) is 132 cm³/mol. The summed E-state index contributed by atoms with van der Waals surface area (Å²) in [5.41, 5.74) is 1.07. The number of aliphatic carboxylic acids is 1. The van der Waals surface area contributed by atoms with Gasteiger partial charge in [0.25, 0.3) is 0 Å². The molecule has 0 aromatic heterocycles. The van der Waals surface area contributed by atoms with E-state index in [4.69, 9.17) is 14.6 Å². The summed E-state index contributed by atoms with van der Waals surface area (Å²) in [7, 11) is 1.60. The van der Waals surface area contributed by atoms with E-state index in [0.29, 0.717) is 31.0 Å². The molecular formula is C27H46O6. The Labute approximate surface area is 200 Å². The number of ether oxygens (including phenoxy) is 2. The lowest BCUT2D eigenvalue weighted by molar-refractivity contribution is -0.166. The highest BCUT2D eigenvalue weighted by Crippen LogP contribution is 2.47. The molecule has 1 aliphatic carbocycles. The third-order valence-corrected chi connectivity index (χ3v) is 6.32. The summed E-state index contributed by atoms with van der Waals surface area (Å²) in [6.45, 7) is 19.1. The Balaban J connectivity index is 0.000000629. The lowest BCUT2D eigenvalue weighted by Crippen LogP contribution is -2.44. The molecular weight excluding hydrogens is 420 g/mol. The van der Waals surface area contributed by atoms with E-state index in [-0.39, 0.29) is 22.4 Å². The van der Waals surface area contributed by atoms with Crippen molar-refractivity contribution in [2.75, 3.05) is 20.3 Å². The lowest BCUT2D eigenvalue weighted by Gasteiger charge is -2.43. The first kappa shape index (κ1) is 31.0. The number of rotatable bonds is 8. The number of methoxy groups -OCH3 is 1. The van der Waals surface area contributed by atoms with Crippen LogP contribution >= 0.6 is 0 Å². The quantitative estimate of drug-likeness (QED) is 0.204. The molecule has 0 aromatic carbocycles. The van der Waals surface area contributed by atoms with E-state index in [0.717, 1.165) is 25.7 Å². The summed E-state index contributed by atoms with van der Waals surface area (Å²) < 4.78 is 10.3. The SMILES string of the molecule is C/C(C(=O)O)=C(C=O)\C=C1\CCC(C)C1.COCCOC(=O)C(C)(CC(C)(C)C)C(C)(C)C. The molecule has 0 amide bonds. The first-order valence-electron chi connectivity index (χ1n) is 11.7. The third-order valence-electron chi connectivity index (χ3n) is 6.32. The molecule has 1 aliphatic rings. The summed E-state index contributed by atoms with van der Waals surface area (Å²) in [5.74, 6) is -0.503. The summed E-state index contributed by atoms with van der Waals surface area (Å²) in [6.07, 6.45) is 6.24. The lowest BCUT2D eigenvalue weighted by atomic mass is 9.61. The Bertz CT molecular complexity index is 733. The van der Waals surface area contributed by atoms with Crippen molar-refractivity contribution in [1.82, 2.24) is 0 Å². The molecule has 0 aliphatic heterocycles. The van der Waals surface area contributed by atoms with Crippen LogP contribution in [0.3, 0.4) is 0 Å². The number of esters is 1. The fourth-order valence-corrected chi connectivity index (χ4v) is 3.87. The van der Waals surface area contributed by atoms with Crippen molar-refractivity contribution >= 4 is 18.2 Å². The van der Waals surface area contributed by atoms with Gasteiger partial charge in [0.1, 0.15) is 6.61 Å². The number of carbonyl (C=O) groups excluding carboxylic acids is 2. The minimum atomic E-state index is -1.03. The van der Waals surface area contributed by atoms with Crippen LogP contribution in [-0.4, -0.2) is 43.7 Å². The van der Waals surface area contributed by atoms with E-state index in [2.05, 4.69) is 48.5 Å². The molecule has 190 valence electrons. The average Bonchev–Trinajstić information content (AvgIpc) is 3.08. The minimum absolute atomic E-state index is 0.0856. The smallest absolute Gasteiger partial charge is 0.331 e. The Morgan fingerprint density at radius 1 is 1.09 bits per heavy atom. The normalized spacial score (nSPS) is 20.3. The third kappa shape index (κ3) is 10.7. The van der Waals surface area contributed by atoms with Gasteiger partial charge in [-0.2, -0.15) is 0 Å². The number of carboxylic acid groups (broad SMARTS) is 1. The monoisotopic (exact) mass is 466 g/mol. The molecule has 0 saturated heterocycles. The van der Waals surface area contributed by atoms with Gasteiger partial charge in [0.05, 0.1) is 12.0 Å². The fraction of sp³-hybridized carbons (Fsp3) is 0.741. The molecule has 6 heteroatoms. The topological polar surface area (TPSA) is 89.9 Å². The molecule has 1 rings (SSSR count). The van der Waals surface area contributed by atoms with Crippen LogP contribution in [0.1, 0.15) is 88.0 Å². The van der Waals surface area contributed by atoms with Crippen molar-refractivity contribution in [3.05, 3.63) is 22.8 Å². The van der Waals surface area contributed by atoms with Gasteiger partial charge in [0, 0.05) is 18.3 Å². The van der Waals surface area contributed by atoms with Gasteiger partial charge < -0.3 is 14.6 Å². The number of allylic oxidation sites excluding steroid dienone is 3. The van der Waals surface area contributed by atoms with E-state index in [1.54, 1.807) is 13.2 Å². The molecule has 0 aromatic rings. The molecule has 0 spiro atoms. The summed E-state index contributed by atoms with van der Waals surface area (Å²) >= 11 is 0. The molecule has 1 fully saturated rings. The van der Waals surface area contributed by atoms with Crippen LogP contribution in [0, 0.1) is 22.2 Å². The molecule has 1 saturated carbocycles. The van der Waals surface area contributed by atoms with Crippen LogP contribution in [0.25, 0.3) is 0 Å². The second-order valence-corrected chi connectivity index (χ2v) is 11.6. The Morgan fingerprint density at radius 2 is 1.67 bits per heavy atom. The van der Waals surface area contributed by atoms with Crippen molar-refractivity contribution in [3.8, 4) is 0 Å². The van der Waals surface area contributed by atoms with Crippen LogP contribution in [0.4, 0.5) is 0 Å². The molecule has 1 N–H and O–H groups in total. The van der Waals surface area contributed by atoms with Crippen LogP contribution in [-0.2, 0) is 23.9 Å². The summed E-state index contributed by atoms with van der Waals surface area (Å²) in [6, 6.07) is 0. The number of carboxylic acids is 1. The zero-order valence-corrected chi connectivity index (χ0v) is 22.5. The fourth-order valence-electron chi connectivity index (χ4n) is 3.87. The first-order valence-corrected chi connectivity index (χ1v) is 11.7. The number of hydrogen-bond donors (Lipinski definition) is 1. The van der Waals surface area contributed by atoms with Gasteiger partial charge >= 0.3 is 11.9 Å². The summed E-state index contributed by atoms with van der Waals surface area (Å²) in [4.78, 5) is 33.8. The van der Waals surface area contributed by atoms with E-state index < -0.39 is 11.4 Å². The molecule has 2 atom stereocenters. The van der Waals surface area contributed by atoms with E-state index in [9.17, 15) is 14.4 Å². The standard InChI is InChI=1S/C15H30O3.C12H16O3/c1-13(2,3)11-15(7,14(4,5)6)12(16)18-10-9-17-8;1-8-3-4-10(5-8)6-11(7-13)9(2)12(14)15/h9-11H2,1-8H3;6-8H,3-5H2,1-2H3,(H,14,15)/b;10-6-,11-9-. The highest BCUT2D eigenvalue weighted by atomic mass is 16.6. The molecule has 0 radical (unpaired) electrons. The highest BCUT2D eigenvalue weighted by Gasteiger charge is 2.47. The van der Waals surface area contributed by atoms with Crippen LogP contribution in [0.5, 0.6) is 0 Å². The minimum Gasteiger partial charge on any atom is -0.478 e. The zero-order chi connectivity index (χ0) is 26.0. The molecule has 0 heterocycles. The Kier molecular flexibility index (Phi) is 12.3. The maximum atomic E-state index is 12.4. The van der Waals surface area contributed by atoms with Crippen molar-refractivity contribution in [2.24, 2.45) is 22.2 Å². The zero-order valence-electron chi connectivity index (χ0n) is 22.5. The van der Waals surface area contributed by atoms with Crippen LogP contribution in [0.2, 0.25) is 0 Å². The van der Waals surface area contributed by atoms with Crippen molar-refractivity contribution in [1.29, 1.82) is 0 Å².